The molecule has 0 amide bonds. The molecule has 1 saturated heterocycles. The molecule has 0 saturated carbocycles. The van der Waals surface area contributed by atoms with Gasteiger partial charge in [0.15, 0.2) is 0 Å². The second kappa shape index (κ2) is 6.40. The minimum atomic E-state index is -0.664. The first-order valence-electron chi connectivity index (χ1n) is 6.77. The normalized spacial score (nSPS) is 22.1. The molecule has 104 valence electrons. The van der Waals surface area contributed by atoms with Crippen LogP contribution in [0.2, 0.25) is 5.02 Å². The molecule has 2 atom stereocenters. The Balaban J connectivity index is 1.93. The Morgan fingerprint density at radius 3 is 2.79 bits per heavy atom. The van der Waals surface area contributed by atoms with E-state index in [0.717, 1.165) is 30.8 Å². The molecule has 1 aromatic rings. The Hall–Kier alpha value is -1.06. The highest BCUT2D eigenvalue weighted by Crippen LogP contribution is 2.21. The number of halogens is 1. The van der Waals surface area contributed by atoms with E-state index in [9.17, 15) is 4.79 Å². The molecule has 1 aliphatic rings. The van der Waals surface area contributed by atoms with E-state index in [1.165, 1.54) is 5.56 Å². The molecule has 1 fully saturated rings. The van der Waals surface area contributed by atoms with Gasteiger partial charge in [-0.15, -0.1) is 0 Å². The van der Waals surface area contributed by atoms with Gasteiger partial charge in [0.1, 0.15) is 0 Å². The fourth-order valence-electron chi connectivity index (χ4n) is 2.70. The van der Waals surface area contributed by atoms with Crippen LogP contribution in [0.3, 0.4) is 0 Å². The van der Waals surface area contributed by atoms with Gasteiger partial charge in [0.25, 0.3) is 0 Å². The minimum absolute atomic E-state index is 0.207. The number of aliphatic carboxylic acids is 1. The fourth-order valence-corrected chi connectivity index (χ4v) is 2.83. The number of hydrogen-bond acceptors (Lipinski definition) is 2. The first-order chi connectivity index (χ1) is 9.06. The van der Waals surface area contributed by atoms with Crippen molar-refractivity contribution < 1.29 is 9.90 Å². The number of piperidine rings is 1. The lowest BCUT2D eigenvalue weighted by Crippen LogP contribution is -2.44. The van der Waals surface area contributed by atoms with Crippen molar-refractivity contribution in [2.24, 2.45) is 5.92 Å². The lowest BCUT2D eigenvalue weighted by molar-refractivity contribution is -0.143. The highest BCUT2D eigenvalue weighted by atomic mass is 35.5. The highest BCUT2D eigenvalue weighted by Gasteiger charge is 2.27. The maximum atomic E-state index is 11.1. The predicted octanol–water partition coefficient (Wildman–Crippen LogP) is 3.07. The maximum Gasteiger partial charge on any atom is 0.307 e. The smallest absolute Gasteiger partial charge is 0.307 e. The van der Waals surface area contributed by atoms with Crippen molar-refractivity contribution >= 4 is 17.6 Å². The van der Waals surface area contributed by atoms with Crippen LogP contribution in [-0.2, 0) is 11.2 Å². The van der Waals surface area contributed by atoms with Gasteiger partial charge in [-0.3, -0.25) is 9.69 Å². The van der Waals surface area contributed by atoms with Crippen molar-refractivity contribution in [2.75, 3.05) is 13.1 Å². The number of nitrogens with zero attached hydrogens (tertiary/aromatic N) is 1. The van der Waals surface area contributed by atoms with Crippen LogP contribution in [0.4, 0.5) is 0 Å². The van der Waals surface area contributed by atoms with Gasteiger partial charge in [0, 0.05) is 17.6 Å². The van der Waals surface area contributed by atoms with Gasteiger partial charge in [-0.05, 0) is 50.4 Å². The molecule has 2 unspecified atom stereocenters. The molecule has 1 aromatic carbocycles. The van der Waals surface area contributed by atoms with Crippen LogP contribution >= 0.6 is 11.6 Å². The summed E-state index contributed by atoms with van der Waals surface area (Å²) in [4.78, 5) is 13.4. The molecule has 0 bridgehead atoms. The van der Waals surface area contributed by atoms with E-state index in [4.69, 9.17) is 16.7 Å². The van der Waals surface area contributed by atoms with E-state index >= 15 is 0 Å². The number of benzene rings is 1. The molecule has 0 aromatic heterocycles. The summed E-state index contributed by atoms with van der Waals surface area (Å²) in [5.74, 6) is -0.871. The molecule has 0 aliphatic carbocycles. The zero-order valence-corrected chi connectivity index (χ0v) is 11.9. The summed E-state index contributed by atoms with van der Waals surface area (Å²) >= 11 is 5.88. The van der Waals surface area contributed by atoms with Gasteiger partial charge in [0.2, 0.25) is 0 Å². The van der Waals surface area contributed by atoms with Crippen molar-refractivity contribution in [3.63, 3.8) is 0 Å². The molecule has 1 N–H and O–H groups in total. The lowest BCUT2D eigenvalue weighted by atomic mass is 9.95. The number of rotatable bonds is 4. The third-order valence-corrected chi connectivity index (χ3v) is 4.12. The Bertz CT molecular complexity index is 432. The molecule has 3 nitrogen and oxygen atoms in total. The quantitative estimate of drug-likeness (QED) is 0.922. The average molecular weight is 282 g/mol. The van der Waals surface area contributed by atoms with Crippen LogP contribution < -0.4 is 0 Å². The molecule has 0 spiro atoms. The second-order valence-corrected chi connectivity index (χ2v) is 5.79. The van der Waals surface area contributed by atoms with E-state index < -0.39 is 5.97 Å². The summed E-state index contributed by atoms with van der Waals surface area (Å²) in [6, 6.07) is 8.25. The van der Waals surface area contributed by atoms with E-state index in [2.05, 4.69) is 11.8 Å². The van der Waals surface area contributed by atoms with Crippen molar-refractivity contribution in [2.45, 2.75) is 32.2 Å². The Labute approximate surface area is 119 Å². The summed E-state index contributed by atoms with van der Waals surface area (Å²) in [5.41, 5.74) is 1.24. The summed E-state index contributed by atoms with van der Waals surface area (Å²) in [6.45, 7) is 3.83. The van der Waals surface area contributed by atoms with Crippen LogP contribution in [0.5, 0.6) is 0 Å². The third kappa shape index (κ3) is 3.95. The van der Waals surface area contributed by atoms with E-state index in [1.54, 1.807) is 0 Å². The van der Waals surface area contributed by atoms with E-state index in [-0.39, 0.29) is 5.92 Å². The van der Waals surface area contributed by atoms with Crippen molar-refractivity contribution in [3.05, 3.63) is 34.9 Å². The van der Waals surface area contributed by atoms with Crippen molar-refractivity contribution in [1.82, 2.24) is 4.90 Å². The van der Waals surface area contributed by atoms with Gasteiger partial charge in [-0.2, -0.15) is 0 Å². The summed E-state index contributed by atoms with van der Waals surface area (Å²) < 4.78 is 0. The predicted molar refractivity (Wildman–Crippen MR) is 76.6 cm³/mol. The van der Waals surface area contributed by atoms with Crippen LogP contribution in [0.15, 0.2) is 24.3 Å². The Kier molecular flexibility index (Phi) is 4.83. The molecule has 1 heterocycles. The molecule has 0 radical (unpaired) electrons. The third-order valence-electron chi connectivity index (χ3n) is 3.87. The van der Waals surface area contributed by atoms with E-state index in [0.29, 0.717) is 12.6 Å². The molecule has 2 rings (SSSR count). The Morgan fingerprint density at radius 2 is 2.16 bits per heavy atom. The summed E-state index contributed by atoms with van der Waals surface area (Å²) in [6.07, 6.45) is 2.71. The monoisotopic (exact) mass is 281 g/mol. The summed E-state index contributed by atoms with van der Waals surface area (Å²) in [7, 11) is 0. The first-order valence-corrected chi connectivity index (χ1v) is 7.15. The number of likely N-dealkylation sites (tertiary alicyclic amines) is 1. The van der Waals surface area contributed by atoms with Gasteiger partial charge in [0.05, 0.1) is 5.92 Å². The van der Waals surface area contributed by atoms with Crippen molar-refractivity contribution in [3.8, 4) is 0 Å². The first kappa shape index (κ1) is 14.4. The van der Waals surface area contributed by atoms with Crippen LogP contribution in [0.1, 0.15) is 25.3 Å². The van der Waals surface area contributed by atoms with Gasteiger partial charge in [-0.25, -0.2) is 0 Å². The van der Waals surface area contributed by atoms with Crippen LogP contribution in [0, 0.1) is 5.92 Å². The Morgan fingerprint density at radius 1 is 1.47 bits per heavy atom. The number of carbonyl (C=O) groups is 1. The average Bonchev–Trinajstić information content (AvgIpc) is 2.41. The molecule has 4 heteroatoms. The zero-order chi connectivity index (χ0) is 13.8. The topological polar surface area (TPSA) is 40.5 Å². The fraction of sp³-hybridized carbons (Fsp3) is 0.533. The molecule has 19 heavy (non-hydrogen) atoms. The van der Waals surface area contributed by atoms with Crippen LogP contribution in [-0.4, -0.2) is 35.1 Å². The number of carboxylic acid groups (broad SMARTS) is 1. The molecular formula is C15H20ClNO2. The number of carboxylic acids is 1. The maximum absolute atomic E-state index is 11.1. The van der Waals surface area contributed by atoms with Crippen LogP contribution in [0.25, 0.3) is 0 Å². The standard InChI is InChI=1S/C15H20ClNO2/c1-11(9-12-4-6-14(16)7-5-12)17-8-2-3-13(10-17)15(18)19/h4-7,11,13H,2-3,8-10H2,1H3,(H,18,19). The van der Waals surface area contributed by atoms with Crippen molar-refractivity contribution in [1.29, 1.82) is 0 Å². The molecular weight excluding hydrogens is 262 g/mol. The van der Waals surface area contributed by atoms with Gasteiger partial charge >= 0.3 is 5.97 Å². The summed E-state index contributed by atoms with van der Waals surface area (Å²) in [5, 5.41) is 9.87. The minimum Gasteiger partial charge on any atom is -0.481 e. The number of hydrogen-bond donors (Lipinski definition) is 1. The van der Waals surface area contributed by atoms with Gasteiger partial charge < -0.3 is 5.11 Å². The molecule has 1 aliphatic heterocycles. The van der Waals surface area contributed by atoms with E-state index in [1.807, 2.05) is 24.3 Å². The zero-order valence-electron chi connectivity index (χ0n) is 11.2. The largest absolute Gasteiger partial charge is 0.481 e. The highest BCUT2D eigenvalue weighted by molar-refractivity contribution is 6.30. The lowest BCUT2D eigenvalue weighted by Gasteiger charge is -2.35. The van der Waals surface area contributed by atoms with Gasteiger partial charge in [-0.1, -0.05) is 23.7 Å². The second-order valence-electron chi connectivity index (χ2n) is 5.35. The SMILES string of the molecule is CC(Cc1ccc(Cl)cc1)N1CCCC(C(=O)O)C1.